The number of rotatable bonds is 1. The Labute approximate surface area is 152 Å². The lowest BCUT2D eigenvalue weighted by molar-refractivity contribution is 0.0491. The zero-order chi connectivity index (χ0) is 18.6. The molecule has 0 radical (unpaired) electrons. The van der Waals surface area contributed by atoms with Crippen LogP contribution in [-0.4, -0.2) is 38.7 Å². The number of carboxylic acid groups (broad SMARTS) is 1. The number of nitrogens with zero attached hydrogens (tertiary/aromatic N) is 2. The number of hydrogen-bond acceptors (Lipinski definition) is 5. The van der Waals surface area contributed by atoms with E-state index in [-0.39, 0.29) is 17.6 Å². The molecule has 1 saturated carbocycles. The molecule has 3 rings (SSSR count). The molecular formula is C18H28N4O2S. The number of nitrogens with two attached hydrogens (primary N) is 2. The summed E-state index contributed by atoms with van der Waals surface area (Å²) in [4.78, 5) is 16.9. The third-order valence-electron chi connectivity index (χ3n) is 4.40. The van der Waals surface area contributed by atoms with Gasteiger partial charge in [0.1, 0.15) is 0 Å². The molecule has 0 spiro atoms. The maximum Gasteiger partial charge on any atom is 0.408 e. The van der Waals surface area contributed by atoms with Gasteiger partial charge in [0.2, 0.25) is 0 Å². The summed E-state index contributed by atoms with van der Waals surface area (Å²) >= 11 is 1.63. The largest absolute Gasteiger partial charge is 0.465 e. The smallest absolute Gasteiger partial charge is 0.408 e. The van der Waals surface area contributed by atoms with Crippen LogP contribution in [0.15, 0.2) is 23.7 Å². The molecule has 25 heavy (non-hydrogen) atoms. The van der Waals surface area contributed by atoms with Crippen molar-refractivity contribution in [2.45, 2.75) is 64.1 Å². The Kier molecular flexibility index (Phi) is 6.24. The van der Waals surface area contributed by atoms with E-state index < -0.39 is 6.09 Å². The Morgan fingerprint density at radius 2 is 2.00 bits per heavy atom. The molecule has 0 saturated heterocycles. The molecule has 1 heterocycles. The number of nitrogen functional groups attached to an aromatic ring is 1. The third-order valence-corrected chi connectivity index (χ3v) is 5.21. The Morgan fingerprint density at radius 1 is 1.32 bits per heavy atom. The van der Waals surface area contributed by atoms with Gasteiger partial charge in [0, 0.05) is 17.3 Å². The molecule has 138 valence electrons. The van der Waals surface area contributed by atoms with Gasteiger partial charge in [-0.05, 0) is 51.8 Å². The summed E-state index contributed by atoms with van der Waals surface area (Å²) in [5, 5.41) is 9.25. The van der Waals surface area contributed by atoms with Crippen LogP contribution in [0.3, 0.4) is 0 Å². The van der Waals surface area contributed by atoms with Crippen molar-refractivity contribution in [1.82, 2.24) is 9.88 Å². The van der Waals surface area contributed by atoms with Crippen LogP contribution in [0.5, 0.6) is 0 Å². The molecule has 1 aromatic carbocycles. The molecule has 5 N–H and O–H groups in total. The second kappa shape index (κ2) is 8.01. The lowest BCUT2D eigenvalue weighted by atomic mass is 9.87. The van der Waals surface area contributed by atoms with Crippen LogP contribution in [0, 0.1) is 0 Å². The van der Waals surface area contributed by atoms with Crippen molar-refractivity contribution in [2.75, 3.05) is 5.73 Å². The van der Waals surface area contributed by atoms with Gasteiger partial charge in [0.15, 0.2) is 0 Å². The molecule has 7 heteroatoms. The Morgan fingerprint density at radius 3 is 2.60 bits per heavy atom. The van der Waals surface area contributed by atoms with Crippen molar-refractivity contribution in [3.05, 3.63) is 23.7 Å². The highest BCUT2D eigenvalue weighted by Gasteiger charge is 2.37. The zero-order valence-corrected chi connectivity index (χ0v) is 15.9. The minimum Gasteiger partial charge on any atom is -0.465 e. The van der Waals surface area contributed by atoms with E-state index in [4.69, 9.17) is 11.5 Å². The molecular weight excluding hydrogens is 336 g/mol. The Hall–Kier alpha value is -1.86. The maximum absolute atomic E-state index is 11.3. The van der Waals surface area contributed by atoms with Crippen molar-refractivity contribution < 1.29 is 9.90 Å². The molecule has 1 aliphatic rings. The van der Waals surface area contributed by atoms with Crippen molar-refractivity contribution in [1.29, 1.82) is 0 Å². The fourth-order valence-corrected chi connectivity index (χ4v) is 3.92. The Bertz CT molecular complexity index is 710. The third kappa shape index (κ3) is 5.06. The van der Waals surface area contributed by atoms with Gasteiger partial charge in [0.25, 0.3) is 0 Å². The van der Waals surface area contributed by atoms with E-state index in [1.54, 1.807) is 11.3 Å². The molecule has 1 aromatic heterocycles. The van der Waals surface area contributed by atoms with E-state index in [0.717, 1.165) is 36.9 Å². The molecule has 1 aliphatic carbocycles. The standard InChI is InChI=1S/C11H22N2O2.C7H6N2S/c1-11(2,3)13(10(14)15)9-7-5-4-6-8(9)12;8-5-1-2-7-6(3-5)9-4-10-7/h8-9H,4-7,12H2,1-3H3,(H,14,15);1-4H,8H2/t8-,9+;/m1./s1. The fourth-order valence-electron chi connectivity index (χ4n) is 3.26. The first kappa shape index (κ1) is 19.5. The molecule has 2 atom stereocenters. The first-order valence-electron chi connectivity index (χ1n) is 8.56. The van der Waals surface area contributed by atoms with E-state index in [0.29, 0.717) is 0 Å². The summed E-state index contributed by atoms with van der Waals surface area (Å²) in [5.41, 5.74) is 14.8. The topological polar surface area (TPSA) is 105 Å². The number of anilines is 1. The predicted molar refractivity (Wildman–Crippen MR) is 104 cm³/mol. The average molecular weight is 365 g/mol. The van der Waals surface area contributed by atoms with Crippen LogP contribution in [-0.2, 0) is 0 Å². The van der Waals surface area contributed by atoms with Crippen molar-refractivity contribution in [3.63, 3.8) is 0 Å². The average Bonchev–Trinajstić information content (AvgIpc) is 2.96. The highest BCUT2D eigenvalue weighted by atomic mass is 32.1. The first-order chi connectivity index (χ1) is 11.7. The summed E-state index contributed by atoms with van der Waals surface area (Å²) in [5.74, 6) is 0. The molecule has 0 unspecified atom stereocenters. The Balaban J connectivity index is 0.000000194. The van der Waals surface area contributed by atoms with E-state index in [2.05, 4.69) is 4.98 Å². The number of aromatic nitrogens is 1. The van der Waals surface area contributed by atoms with Gasteiger partial charge in [0.05, 0.1) is 21.8 Å². The number of amides is 1. The van der Waals surface area contributed by atoms with E-state index in [9.17, 15) is 9.90 Å². The van der Waals surface area contributed by atoms with E-state index in [1.807, 2.05) is 44.5 Å². The number of fused-ring (bicyclic) bond motifs is 1. The lowest BCUT2D eigenvalue weighted by Gasteiger charge is -2.44. The van der Waals surface area contributed by atoms with Gasteiger partial charge in [-0.25, -0.2) is 9.78 Å². The van der Waals surface area contributed by atoms with Gasteiger partial charge < -0.3 is 16.6 Å². The first-order valence-corrected chi connectivity index (χ1v) is 9.44. The van der Waals surface area contributed by atoms with E-state index in [1.165, 1.54) is 9.60 Å². The zero-order valence-electron chi connectivity index (χ0n) is 15.1. The highest BCUT2D eigenvalue weighted by Crippen LogP contribution is 2.27. The summed E-state index contributed by atoms with van der Waals surface area (Å²) in [6.45, 7) is 5.76. The SMILES string of the molecule is CC(C)(C)N(C(=O)O)[C@H]1CCCC[C@H]1N.Nc1ccc2scnc2c1. The van der Waals surface area contributed by atoms with Gasteiger partial charge in [-0.1, -0.05) is 12.8 Å². The van der Waals surface area contributed by atoms with Crippen LogP contribution >= 0.6 is 11.3 Å². The molecule has 6 nitrogen and oxygen atoms in total. The van der Waals surface area contributed by atoms with Crippen molar-refractivity contribution in [3.8, 4) is 0 Å². The molecule has 0 aliphatic heterocycles. The normalized spacial score (nSPS) is 20.6. The number of benzene rings is 1. The minimum absolute atomic E-state index is 0.00549. The predicted octanol–water partition coefficient (Wildman–Crippen LogP) is 3.91. The van der Waals surface area contributed by atoms with Crippen molar-refractivity contribution >= 4 is 33.3 Å². The van der Waals surface area contributed by atoms with Crippen molar-refractivity contribution in [2.24, 2.45) is 5.73 Å². The molecule has 0 bridgehead atoms. The van der Waals surface area contributed by atoms with Gasteiger partial charge in [-0.2, -0.15) is 0 Å². The molecule has 1 amide bonds. The van der Waals surface area contributed by atoms with Gasteiger partial charge in [-0.15, -0.1) is 11.3 Å². The fraction of sp³-hybridized carbons (Fsp3) is 0.556. The highest BCUT2D eigenvalue weighted by molar-refractivity contribution is 7.16. The molecule has 2 aromatic rings. The summed E-state index contributed by atoms with van der Waals surface area (Å²) in [6, 6.07) is 5.74. The van der Waals surface area contributed by atoms with E-state index >= 15 is 0 Å². The van der Waals surface area contributed by atoms with Crippen LogP contribution in [0.1, 0.15) is 46.5 Å². The van der Waals surface area contributed by atoms with Crippen LogP contribution in [0.25, 0.3) is 10.2 Å². The monoisotopic (exact) mass is 364 g/mol. The van der Waals surface area contributed by atoms with Crippen LogP contribution < -0.4 is 11.5 Å². The minimum atomic E-state index is -0.857. The number of thiazole rings is 1. The summed E-state index contributed by atoms with van der Waals surface area (Å²) in [7, 11) is 0. The summed E-state index contributed by atoms with van der Waals surface area (Å²) in [6.07, 6.45) is 3.17. The number of hydrogen-bond donors (Lipinski definition) is 3. The number of carbonyl (C=O) groups is 1. The summed E-state index contributed by atoms with van der Waals surface area (Å²) < 4.78 is 1.19. The quantitative estimate of drug-likeness (QED) is 0.665. The second-order valence-corrected chi connectivity index (χ2v) is 8.30. The van der Waals surface area contributed by atoms with Gasteiger partial charge >= 0.3 is 6.09 Å². The van der Waals surface area contributed by atoms with Crippen LogP contribution in [0.2, 0.25) is 0 Å². The van der Waals surface area contributed by atoms with Crippen LogP contribution in [0.4, 0.5) is 10.5 Å². The lowest BCUT2D eigenvalue weighted by Crippen LogP contribution is -2.58. The maximum atomic E-state index is 11.3. The molecule has 1 fully saturated rings. The van der Waals surface area contributed by atoms with Gasteiger partial charge in [-0.3, -0.25) is 4.90 Å². The second-order valence-electron chi connectivity index (χ2n) is 7.42.